The molecule has 0 aliphatic carbocycles. The van der Waals surface area contributed by atoms with Gasteiger partial charge in [0.1, 0.15) is 0 Å². The number of rotatable bonds is 9. The summed E-state index contributed by atoms with van der Waals surface area (Å²) in [4.78, 5) is 11.7. The van der Waals surface area contributed by atoms with E-state index in [9.17, 15) is 9.90 Å². The van der Waals surface area contributed by atoms with Crippen molar-refractivity contribution in [2.75, 3.05) is 25.6 Å². The second-order valence-corrected chi connectivity index (χ2v) is 5.08. The lowest BCUT2D eigenvalue weighted by atomic mass is 10.1. The maximum absolute atomic E-state index is 11.7. The minimum atomic E-state index is -0.548. The number of aryl methyl sites for hydroxylation is 1. The van der Waals surface area contributed by atoms with E-state index >= 15 is 0 Å². The number of aliphatic hydroxyl groups excluding tert-OH is 1. The Hall–Kier alpha value is -1.59. The lowest BCUT2D eigenvalue weighted by molar-refractivity contribution is 0.0599. The van der Waals surface area contributed by atoms with Gasteiger partial charge in [0.05, 0.1) is 12.7 Å². The maximum atomic E-state index is 11.7. The second-order valence-electron chi connectivity index (χ2n) is 5.08. The molecule has 118 valence electrons. The predicted molar refractivity (Wildman–Crippen MR) is 84.6 cm³/mol. The van der Waals surface area contributed by atoms with Crippen LogP contribution in [-0.4, -0.2) is 37.5 Å². The van der Waals surface area contributed by atoms with Crippen molar-refractivity contribution in [3.05, 3.63) is 29.8 Å². The second kappa shape index (κ2) is 10.2. The molecular formula is C16H26N2O3. The minimum Gasteiger partial charge on any atom is -0.391 e. The Morgan fingerprint density at radius 2 is 2.05 bits per heavy atom. The molecule has 1 aromatic rings. The van der Waals surface area contributed by atoms with E-state index in [2.05, 4.69) is 17.6 Å². The molecule has 0 heterocycles. The van der Waals surface area contributed by atoms with Gasteiger partial charge < -0.3 is 20.5 Å². The third-order valence-corrected chi connectivity index (χ3v) is 3.15. The SMILES string of the molecule is CCCCc1ccc(NC(=O)NCCC(O)COC)cc1. The predicted octanol–water partition coefficient (Wildman–Crippen LogP) is 2.55. The molecule has 5 heteroatoms. The number of benzene rings is 1. The number of hydrogen-bond acceptors (Lipinski definition) is 3. The van der Waals surface area contributed by atoms with Crippen LogP contribution < -0.4 is 10.6 Å². The van der Waals surface area contributed by atoms with Gasteiger partial charge in [-0.3, -0.25) is 0 Å². The third kappa shape index (κ3) is 7.68. The van der Waals surface area contributed by atoms with Gasteiger partial charge in [-0.1, -0.05) is 25.5 Å². The average Bonchev–Trinajstić information content (AvgIpc) is 2.47. The van der Waals surface area contributed by atoms with Crippen LogP contribution in [0.1, 0.15) is 31.7 Å². The standard InChI is InChI=1S/C16H26N2O3/c1-3-4-5-13-6-8-14(9-7-13)18-16(20)17-11-10-15(19)12-21-2/h6-9,15,19H,3-5,10-12H2,1-2H3,(H2,17,18,20). The van der Waals surface area contributed by atoms with Crippen LogP contribution in [0.15, 0.2) is 24.3 Å². The maximum Gasteiger partial charge on any atom is 0.319 e. The fraction of sp³-hybridized carbons (Fsp3) is 0.562. The van der Waals surface area contributed by atoms with E-state index in [4.69, 9.17) is 4.74 Å². The summed E-state index contributed by atoms with van der Waals surface area (Å²) in [5.74, 6) is 0. The zero-order chi connectivity index (χ0) is 15.5. The van der Waals surface area contributed by atoms with Gasteiger partial charge in [-0.2, -0.15) is 0 Å². The van der Waals surface area contributed by atoms with Gasteiger partial charge in [0.25, 0.3) is 0 Å². The molecule has 0 saturated heterocycles. The van der Waals surface area contributed by atoms with Gasteiger partial charge in [-0.05, 0) is 37.0 Å². The Labute approximate surface area is 126 Å². The fourth-order valence-electron chi connectivity index (χ4n) is 1.94. The van der Waals surface area contributed by atoms with Gasteiger partial charge in [-0.15, -0.1) is 0 Å². The highest BCUT2D eigenvalue weighted by atomic mass is 16.5. The molecule has 0 saturated carbocycles. The van der Waals surface area contributed by atoms with Crippen LogP contribution in [-0.2, 0) is 11.2 Å². The van der Waals surface area contributed by atoms with E-state index in [1.165, 1.54) is 25.5 Å². The van der Waals surface area contributed by atoms with Gasteiger partial charge in [0.15, 0.2) is 0 Å². The van der Waals surface area contributed by atoms with Crippen molar-refractivity contribution in [2.24, 2.45) is 0 Å². The van der Waals surface area contributed by atoms with Crippen molar-refractivity contribution in [3.63, 3.8) is 0 Å². The molecular weight excluding hydrogens is 268 g/mol. The first-order valence-electron chi connectivity index (χ1n) is 7.46. The number of unbranched alkanes of at least 4 members (excludes halogenated alkanes) is 1. The smallest absolute Gasteiger partial charge is 0.319 e. The Morgan fingerprint density at radius 1 is 1.33 bits per heavy atom. The summed E-state index contributed by atoms with van der Waals surface area (Å²) in [5.41, 5.74) is 2.05. The van der Waals surface area contributed by atoms with Crippen molar-refractivity contribution in [1.29, 1.82) is 0 Å². The number of hydrogen-bond donors (Lipinski definition) is 3. The summed E-state index contributed by atoms with van der Waals surface area (Å²) >= 11 is 0. The first-order valence-corrected chi connectivity index (χ1v) is 7.46. The van der Waals surface area contributed by atoms with Crippen LogP contribution in [0, 0.1) is 0 Å². The number of ether oxygens (including phenoxy) is 1. The van der Waals surface area contributed by atoms with Crippen LogP contribution in [0.25, 0.3) is 0 Å². The molecule has 5 nitrogen and oxygen atoms in total. The molecule has 2 amide bonds. The highest BCUT2D eigenvalue weighted by molar-refractivity contribution is 5.89. The van der Waals surface area contributed by atoms with E-state index < -0.39 is 6.10 Å². The highest BCUT2D eigenvalue weighted by Gasteiger charge is 2.05. The summed E-state index contributed by atoms with van der Waals surface area (Å²) in [5, 5.41) is 14.9. The quantitative estimate of drug-likeness (QED) is 0.655. The van der Waals surface area contributed by atoms with Crippen LogP contribution in [0.4, 0.5) is 10.5 Å². The molecule has 21 heavy (non-hydrogen) atoms. The number of methoxy groups -OCH3 is 1. The Balaban J connectivity index is 2.27. The van der Waals surface area contributed by atoms with E-state index in [0.29, 0.717) is 13.0 Å². The number of nitrogens with one attached hydrogen (secondary N) is 2. The van der Waals surface area contributed by atoms with Gasteiger partial charge in [0, 0.05) is 19.3 Å². The van der Waals surface area contributed by atoms with Crippen LogP contribution in [0.3, 0.4) is 0 Å². The number of carbonyl (C=O) groups excluding carboxylic acids is 1. The van der Waals surface area contributed by atoms with Crippen molar-refractivity contribution in [2.45, 2.75) is 38.7 Å². The Morgan fingerprint density at radius 3 is 2.67 bits per heavy atom. The molecule has 0 aromatic heterocycles. The van der Waals surface area contributed by atoms with Crippen LogP contribution in [0.2, 0.25) is 0 Å². The molecule has 1 aromatic carbocycles. The molecule has 3 N–H and O–H groups in total. The summed E-state index contributed by atoms with van der Waals surface area (Å²) in [7, 11) is 1.54. The van der Waals surface area contributed by atoms with E-state index in [1.807, 2.05) is 24.3 Å². The summed E-state index contributed by atoms with van der Waals surface area (Å²) in [6.07, 6.45) is 3.35. The van der Waals surface area contributed by atoms with Crippen molar-refractivity contribution >= 4 is 11.7 Å². The number of urea groups is 1. The molecule has 0 aliphatic heterocycles. The first kappa shape index (κ1) is 17.5. The first-order chi connectivity index (χ1) is 10.2. The number of carbonyl (C=O) groups is 1. The minimum absolute atomic E-state index is 0.263. The number of amides is 2. The largest absolute Gasteiger partial charge is 0.391 e. The molecule has 0 radical (unpaired) electrons. The molecule has 0 bridgehead atoms. The molecule has 0 spiro atoms. The lowest BCUT2D eigenvalue weighted by Gasteiger charge is -2.11. The molecule has 0 fully saturated rings. The van der Waals surface area contributed by atoms with E-state index in [-0.39, 0.29) is 12.6 Å². The monoisotopic (exact) mass is 294 g/mol. The topological polar surface area (TPSA) is 70.6 Å². The van der Waals surface area contributed by atoms with Gasteiger partial charge in [-0.25, -0.2) is 4.79 Å². The van der Waals surface area contributed by atoms with Gasteiger partial charge in [0.2, 0.25) is 0 Å². The van der Waals surface area contributed by atoms with E-state index in [0.717, 1.165) is 12.1 Å². The molecule has 1 atom stereocenters. The Kier molecular flexibility index (Phi) is 8.47. The zero-order valence-electron chi connectivity index (χ0n) is 12.9. The third-order valence-electron chi connectivity index (χ3n) is 3.15. The van der Waals surface area contributed by atoms with Crippen molar-refractivity contribution < 1.29 is 14.6 Å². The average molecular weight is 294 g/mol. The number of aliphatic hydroxyl groups is 1. The van der Waals surface area contributed by atoms with Crippen molar-refractivity contribution in [3.8, 4) is 0 Å². The summed E-state index contributed by atoms with van der Waals surface area (Å²) in [6.45, 7) is 2.86. The van der Waals surface area contributed by atoms with Crippen LogP contribution >= 0.6 is 0 Å². The Bertz CT molecular complexity index is 406. The zero-order valence-corrected chi connectivity index (χ0v) is 12.9. The van der Waals surface area contributed by atoms with E-state index in [1.54, 1.807) is 0 Å². The van der Waals surface area contributed by atoms with Crippen LogP contribution in [0.5, 0.6) is 0 Å². The fourth-order valence-corrected chi connectivity index (χ4v) is 1.94. The number of anilines is 1. The molecule has 1 rings (SSSR count). The summed E-state index contributed by atoms with van der Waals surface area (Å²) < 4.78 is 4.82. The highest BCUT2D eigenvalue weighted by Crippen LogP contribution is 2.11. The summed E-state index contributed by atoms with van der Waals surface area (Å²) in [6, 6.07) is 7.62. The lowest BCUT2D eigenvalue weighted by Crippen LogP contribution is -2.32. The van der Waals surface area contributed by atoms with Crippen molar-refractivity contribution in [1.82, 2.24) is 5.32 Å². The normalized spacial score (nSPS) is 12.0. The molecule has 0 aliphatic rings. The van der Waals surface area contributed by atoms with Gasteiger partial charge >= 0.3 is 6.03 Å². The molecule has 1 unspecified atom stereocenters.